The number of aryl methyl sites for hydroxylation is 1. The van der Waals surface area contributed by atoms with Gasteiger partial charge in [0.1, 0.15) is 5.75 Å². The molecule has 25 heavy (non-hydrogen) atoms. The maximum absolute atomic E-state index is 12.3. The fraction of sp³-hybridized carbons (Fsp3) is 0.222. The number of hydrazone groups is 1. The van der Waals surface area contributed by atoms with Crippen LogP contribution in [0.1, 0.15) is 21.5 Å². The van der Waals surface area contributed by atoms with Gasteiger partial charge in [-0.3, -0.25) is 4.79 Å². The van der Waals surface area contributed by atoms with Crippen molar-refractivity contribution in [3.63, 3.8) is 0 Å². The Labute approximate surface area is 154 Å². The van der Waals surface area contributed by atoms with E-state index in [-0.39, 0.29) is 5.91 Å². The van der Waals surface area contributed by atoms with E-state index in [9.17, 15) is 4.79 Å². The van der Waals surface area contributed by atoms with Gasteiger partial charge in [-0.25, -0.2) is 5.43 Å². The van der Waals surface area contributed by atoms with Crippen LogP contribution in [0.5, 0.6) is 17.2 Å². The summed E-state index contributed by atoms with van der Waals surface area (Å²) in [5.41, 5.74) is 4.64. The van der Waals surface area contributed by atoms with Crippen LogP contribution in [0.4, 0.5) is 0 Å². The molecular weight excluding hydrogens is 388 g/mol. The van der Waals surface area contributed by atoms with E-state index in [1.54, 1.807) is 38.5 Å². The number of hydrogen-bond acceptors (Lipinski definition) is 5. The van der Waals surface area contributed by atoms with Gasteiger partial charge in [0, 0.05) is 10.0 Å². The Morgan fingerprint density at radius 1 is 1.04 bits per heavy atom. The molecular formula is C18H19BrN2O4. The fourth-order valence-electron chi connectivity index (χ4n) is 2.18. The Morgan fingerprint density at radius 3 is 2.32 bits per heavy atom. The molecule has 6 nitrogen and oxygen atoms in total. The molecule has 2 aromatic rings. The molecule has 1 amide bonds. The molecule has 0 saturated carbocycles. The van der Waals surface area contributed by atoms with Crippen LogP contribution >= 0.6 is 15.9 Å². The van der Waals surface area contributed by atoms with Gasteiger partial charge in [0.25, 0.3) is 5.91 Å². The van der Waals surface area contributed by atoms with Crippen LogP contribution in [0.15, 0.2) is 39.9 Å². The number of carbonyl (C=O) groups excluding carboxylic acids is 1. The third-order valence-electron chi connectivity index (χ3n) is 3.47. The van der Waals surface area contributed by atoms with Crippen LogP contribution in [-0.2, 0) is 0 Å². The number of methoxy groups -OCH3 is 3. The molecule has 0 heterocycles. The van der Waals surface area contributed by atoms with Crippen LogP contribution in [0.3, 0.4) is 0 Å². The van der Waals surface area contributed by atoms with Gasteiger partial charge in [-0.05, 0) is 52.7 Å². The van der Waals surface area contributed by atoms with Gasteiger partial charge in [-0.2, -0.15) is 5.10 Å². The molecule has 132 valence electrons. The molecule has 0 aliphatic rings. The first-order valence-electron chi connectivity index (χ1n) is 7.39. The third-order valence-corrected chi connectivity index (χ3v) is 4.16. The number of amides is 1. The van der Waals surface area contributed by atoms with E-state index < -0.39 is 0 Å². The summed E-state index contributed by atoms with van der Waals surface area (Å²) in [5, 5.41) is 4.00. The van der Waals surface area contributed by atoms with E-state index in [1.165, 1.54) is 13.3 Å². The number of rotatable bonds is 6. The van der Waals surface area contributed by atoms with E-state index >= 15 is 0 Å². The van der Waals surface area contributed by atoms with Gasteiger partial charge in [0.15, 0.2) is 11.5 Å². The summed E-state index contributed by atoms with van der Waals surface area (Å²) >= 11 is 3.43. The maximum atomic E-state index is 12.3. The van der Waals surface area contributed by atoms with Crippen molar-refractivity contribution in [2.75, 3.05) is 21.3 Å². The Morgan fingerprint density at radius 2 is 1.68 bits per heavy atom. The zero-order valence-corrected chi connectivity index (χ0v) is 16.0. The van der Waals surface area contributed by atoms with Crippen molar-refractivity contribution in [3.05, 3.63) is 51.5 Å². The second-order valence-electron chi connectivity index (χ2n) is 5.13. The van der Waals surface area contributed by atoms with Gasteiger partial charge in [-0.15, -0.1) is 0 Å². The summed E-state index contributed by atoms with van der Waals surface area (Å²) in [5.74, 6) is 1.31. The van der Waals surface area contributed by atoms with Gasteiger partial charge in [0.2, 0.25) is 0 Å². The monoisotopic (exact) mass is 406 g/mol. The molecule has 2 aromatic carbocycles. The summed E-state index contributed by atoms with van der Waals surface area (Å²) < 4.78 is 16.5. The number of halogens is 1. The van der Waals surface area contributed by atoms with Gasteiger partial charge in [-0.1, -0.05) is 6.07 Å². The predicted octanol–water partition coefficient (Wildman–Crippen LogP) is 3.55. The lowest BCUT2D eigenvalue weighted by atomic mass is 10.1. The molecule has 0 spiro atoms. The van der Waals surface area contributed by atoms with Crippen molar-refractivity contribution in [2.24, 2.45) is 5.10 Å². The van der Waals surface area contributed by atoms with Gasteiger partial charge >= 0.3 is 0 Å². The molecule has 1 N–H and O–H groups in total. The van der Waals surface area contributed by atoms with E-state index in [4.69, 9.17) is 14.2 Å². The Kier molecular flexibility index (Phi) is 6.41. The number of benzene rings is 2. The van der Waals surface area contributed by atoms with Crippen molar-refractivity contribution >= 4 is 28.1 Å². The molecule has 0 aliphatic carbocycles. The number of nitrogens with zero attached hydrogens (tertiary/aromatic N) is 1. The van der Waals surface area contributed by atoms with Crippen LogP contribution < -0.4 is 19.6 Å². The summed E-state index contributed by atoms with van der Waals surface area (Å²) in [7, 11) is 4.64. The molecule has 0 unspecified atom stereocenters. The molecule has 0 aliphatic heterocycles. The maximum Gasteiger partial charge on any atom is 0.275 e. The number of carbonyl (C=O) groups is 1. The highest BCUT2D eigenvalue weighted by Gasteiger charge is 2.12. The molecule has 0 saturated heterocycles. The van der Waals surface area contributed by atoms with Crippen LogP contribution in [0.25, 0.3) is 0 Å². The first-order valence-corrected chi connectivity index (χ1v) is 8.19. The first-order chi connectivity index (χ1) is 12.0. The molecule has 0 aromatic heterocycles. The molecule has 0 radical (unpaired) electrons. The Balaban J connectivity index is 2.17. The largest absolute Gasteiger partial charge is 0.496 e. The lowest BCUT2D eigenvalue weighted by molar-refractivity contribution is 0.0952. The second kappa shape index (κ2) is 8.53. The van der Waals surface area contributed by atoms with Crippen molar-refractivity contribution < 1.29 is 19.0 Å². The predicted molar refractivity (Wildman–Crippen MR) is 100 cm³/mol. The van der Waals surface area contributed by atoms with E-state index in [0.29, 0.717) is 22.8 Å². The van der Waals surface area contributed by atoms with Crippen LogP contribution in [-0.4, -0.2) is 33.5 Å². The zero-order chi connectivity index (χ0) is 18.4. The summed E-state index contributed by atoms with van der Waals surface area (Å²) in [6.07, 6.45) is 1.52. The Hall–Kier alpha value is -2.54. The lowest BCUT2D eigenvalue weighted by Gasteiger charge is -2.10. The summed E-state index contributed by atoms with van der Waals surface area (Å²) in [4.78, 5) is 12.3. The first kappa shape index (κ1) is 18.8. The van der Waals surface area contributed by atoms with Crippen LogP contribution in [0, 0.1) is 6.92 Å². The normalized spacial score (nSPS) is 10.6. The third kappa shape index (κ3) is 4.51. The quantitative estimate of drug-likeness (QED) is 0.588. The average molecular weight is 407 g/mol. The number of nitrogens with one attached hydrogen (secondary N) is 1. The highest BCUT2D eigenvalue weighted by atomic mass is 79.9. The standard InChI is InChI=1S/C18H19BrN2O4/c1-11-5-6-13(15(7-11)23-2)18(22)21-20-10-12-8-16(24-3)17(25-4)9-14(12)19/h5-10H,1-4H3,(H,21,22)/b20-10-. The van der Waals surface area contributed by atoms with Crippen molar-refractivity contribution in [2.45, 2.75) is 6.92 Å². The average Bonchev–Trinajstić information content (AvgIpc) is 2.62. The molecule has 0 atom stereocenters. The van der Waals surface area contributed by atoms with Crippen molar-refractivity contribution in [1.29, 1.82) is 0 Å². The minimum Gasteiger partial charge on any atom is -0.496 e. The minimum atomic E-state index is -0.357. The topological polar surface area (TPSA) is 69.2 Å². The summed E-state index contributed by atoms with van der Waals surface area (Å²) in [6, 6.07) is 8.86. The zero-order valence-electron chi connectivity index (χ0n) is 14.4. The molecule has 2 rings (SSSR count). The number of ether oxygens (including phenoxy) is 3. The van der Waals surface area contributed by atoms with E-state index in [2.05, 4.69) is 26.5 Å². The molecule has 0 fully saturated rings. The number of hydrogen-bond donors (Lipinski definition) is 1. The van der Waals surface area contributed by atoms with Gasteiger partial charge in [0.05, 0.1) is 33.1 Å². The lowest BCUT2D eigenvalue weighted by Crippen LogP contribution is -2.18. The van der Waals surface area contributed by atoms with Crippen molar-refractivity contribution in [3.8, 4) is 17.2 Å². The smallest absolute Gasteiger partial charge is 0.275 e. The second-order valence-corrected chi connectivity index (χ2v) is 5.99. The van der Waals surface area contributed by atoms with E-state index in [0.717, 1.165) is 15.6 Å². The van der Waals surface area contributed by atoms with Crippen LogP contribution in [0.2, 0.25) is 0 Å². The van der Waals surface area contributed by atoms with Crippen molar-refractivity contribution in [1.82, 2.24) is 5.43 Å². The van der Waals surface area contributed by atoms with E-state index in [1.807, 2.05) is 13.0 Å². The minimum absolute atomic E-state index is 0.357. The molecule has 7 heteroatoms. The molecule has 0 bridgehead atoms. The summed E-state index contributed by atoms with van der Waals surface area (Å²) in [6.45, 7) is 1.93. The fourth-order valence-corrected chi connectivity index (χ4v) is 2.60. The van der Waals surface area contributed by atoms with Gasteiger partial charge < -0.3 is 14.2 Å². The highest BCUT2D eigenvalue weighted by Crippen LogP contribution is 2.32. The SMILES string of the molecule is COc1cc(Br)c(/C=N\NC(=O)c2ccc(C)cc2OC)cc1OC. The highest BCUT2D eigenvalue weighted by molar-refractivity contribution is 9.10. The Bertz CT molecular complexity index is 806.